The molecule has 0 radical (unpaired) electrons. The SMILES string of the molecule is NC(O[P+](=O)O)C(F)(F)F. The molecule has 60 valence electrons. The van der Waals surface area contributed by atoms with Crippen molar-refractivity contribution in [2.24, 2.45) is 5.73 Å². The molecule has 4 nitrogen and oxygen atoms in total. The van der Waals surface area contributed by atoms with Crippen LogP contribution >= 0.6 is 8.25 Å². The van der Waals surface area contributed by atoms with Gasteiger partial charge in [0.15, 0.2) is 0 Å². The zero-order valence-electron chi connectivity index (χ0n) is 4.50. The van der Waals surface area contributed by atoms with Crippen LogP contribution in [0.25, 0.3) is 0 Å². The van der Waals surface area contributed by atoms with Crippen LogP contribution in [0, 0.1) is 0 Å². The van der Waals surface area contributed by atoms with Gasteiger partial charge >= 0.3 is 14.4 Å². The Labute approximate surface area is 54.7 Å². The summed E-state index contributed by atoms with van der Waals surface area (Å²) in [6.45, 7) is 0. The van der Waals surface area contributed by atoms with Crippen LogP contribution in [0.4, 0.5) is 13.2 Å². The summed E-state index contributed by atoms with van der Waals surface area (Å²) in [6, 6.07) is 0. The van der Waals surface area contributed by atoms with Gasteiger partial charge in [-0.2, -0.15) is 13.2 Å². The van der Waals surface area contributed by atoms with Crippen molar-refractivity contribution < 1.29 is 27.2 Å². The quantitative estimate of drug-likeness (QED) is 0.477. The average Bonchev–Trinajstić information content (AvgIpc) is 1.60. The van der Waals surface area contributed by atoms with E-state index in [1.165, 1.54) is 0 Å². The highest BCUT2D eigenvalue weighted by molar-refractivity contribution is 7.32. The minimum Gasteiger partial charge on any atom is -0.294 e. The largest absolute Gasteiger partial charge is 0.696 e. The Morgan fingerprint density at radius 1 is 1.60 bits per heavy atom. The van der Waals surface area contributed by atoms with E-state index >= 15 is 0 Å². The molecular weight excluding hydrogens is 174 g/mol. The molecule has 0 aromatic carbocycles. The number of rotatable bonds is 2. The van der Waals surface area contributed by atoms with Gasteiger partial charge in [-0.3, -0.25) is 5.73 Å². The average molecular weight is 178 g/mol. The first-order chi connectivity index (χ1) is 4.34. The van der Waals surface area contributed by atoms with Crippen molar-refractivity contribution in [3.05, 3.63) is 0 Å². The van der Waals surface area contributed by atoms with E-state index in [1.54, 1.807) is 0 Å². The van der Waals surface area contributed by atoms with Gasteiger partial charge in [0.1, 0.15) is 0 Å². The van der Waals surface area contributed by atoms with Crippen LogP contribution in [-0.4, -0.2) is 17.3 Å². The highest BCUT2D eigenvalue weighted by atomic mass is 31.1. The third-order valence-electron chi connectivity index (χ3n) is 0.526. The number of halogens is 3. The second-order valence-corrected chi connectivity index (χ2v) is 1.99. The van der Waals surface area contributed by atoms with Gasteiger partial charge in [0.05, 0.1) is 0 Å². The molecule has 0 spiro atoms. The first kappa shape index (κ1) is 9.77. The fourth-order valence-electron chi connectivity index (χ4n) is 0.157. The molecule has 0 aliphatic carbocycles. The van der Waals surface area contributed by atoms with E-state index in [9.17, 15) is 17.7 Å². The molecule has 0 saturated heterocycles. The highest BCUT2D eigenvalue weighted by Crippen LogP contribution is 2.26. The zero-order valence-corrected chi connectivity index (χ0v) is 5.39. The third kappa shape index (κ3) is 3.73. The molecule has 0 aliphatic rings. The number of hydrogen-bond donors (Lipinski definition) is 2. The number of hydrogen-bond acceptors (Lipinski definition) is 3. The van der Waals surface area contributed by atoms with E-state index in [0.29, 0.717) is 0 Å². The smallest absolute Gasteiger partial charge is 0.294 e. The second-order valence-electron chi connectivity index (χ2n) is 1.31. The van der Waals surface area contributed by atoms with Crippen LogP contribution in [0.1, 0.15) is 0 Å². The predicted molar refractivity (Wildman–Crippen MR) is 24.9 cm³/mol. The Balaban J connectivity index is 3.85. The van der Waals surface area contributed by atoms with E-state index in [1.807, 2.05) is 0 Å². The summed E-state index contributed by atoms with van der Waals surface area (Å²) in [7, 11) is -3.30. The molecule has 0 aromatic heterocycles. The standard InChI is InChI=1S/C2H3F3NO3P/c3-2(4,5)1(6)9-10(7)8/h1H,6H2/p+1. The summed E-state index contributed by atoms with van der Waals surface area (Å²) < 4.78 is 46.9. The van der Waals surface area contributed by atoms with E-state index in [0.717, 1.165) is 0 Å². The second kappa shape index (κ2) is 3.25. The Hall–Kier alpha value is -0.230. The van der Waals surface area contributed by atoms with Gasteiger partial charge in [-0.15, -0.1) is 4.89 Å². The Bertz CT molecular complexity index is 136. The summed E-state index contributed by atoms with van der Waals surface area (Å²) in [5.74, 6) is 0. The van der Waals surface area contributed by atoms with Crippen LogP contribution in [0.15, 0.2) is 0 Å². The van der Waals surface area contributed by atoms with E-state index in [2.05, 4.69) is 10.3 Å². The lowest BCUT2D eigenvalue weighted by Crippen LogP contribution is -2.37. The molecule has 0 rings (SSSR count). The topological polar surface area (TPSA) is 72.5 Å². The normalized spacial score (nSPS) is 16.7. The number of alkyl halides is 3. The lowest BCUT2D eigenvalue weighted by molar-refractivity contribution is -0.193. The van der Waals surface area contributed by atoms with Crippen molar-refractivity contribution in [2.45, 2.75) is 12.4 Å². The van der Waals surface area contributed by atoms with Crippen LogP contribution in [-0.2, 0) is 9.09 Å². The van der Waals surface area contributed by atoms with Gasteiger partial charge in [-0.25, -0.2) is 0 Å². The molecule has 0 bridgehead atoms. The molecular formula is C2H4F3NO3P+. The molecule has 3 N–H and O–H groups in total. The molecule has 0 fully saturated rings. The fraction of sp³-hybridized carbons (Fsp3) is 1.00. The maximum atomic E-state index is 11.3. The van der Waals surface area contributed by atoms with E-state index in [-0.39, 0.29) is 0 Å². The van der Waals surface area contributed by atoms with Crippen molar-refractivity contribution in [3.63, 3.8) is 0 Å². The fourth-order valence-corrected chi connectivity index (χ4v) is 0.471. The van der Waals surface area contributed by atoms with Crippen molar-refractivity contribution in [3.8, 4) is 0 Å². The van der Waals surface area contributed by atoms with E-state index < -0.39 is 20.7 Å². The lowest BCUT2D eigenvalue weighted by Gasteiger charge is -2.07. The van der Waals surface area contributed by atoms with Crippen molar-refractivity contribution >= 4 is 8.25 Å². The van der Waals surface area contributed by atoms with Crippen molar-refractivity contribution in [1.82, 2.24) is 0 Å². The molecule has 0 amide bonds. The van der Waals surface area contributed by atoms with Gasteiger partial charge < -0.3 is 0 Å². The predicted octanol–water partition coefficient (Wildman–Crippen LogP) is 0.500. The summed E-state index contributed by atoms with van der Waals surface area (Å²) in [5, 5.41) is 0. The van der Waals surface area contributed by atoms with Crippen LogP contribution in [0.2, 0.25) is 0 Å². The summed E-state index contributed by atoms with van der Waals surface area (Å²) in [4.78, 5) is 7.79. The zero-order chi connectivity index (χ0) is 8.36. The summed E-state index contributed by atoms with van der Waals surface area (Å²) in [5.41, 5.74) is 4.26. The first-order valence-corrected chi connectivity index (χ1v) is 3.12. The minimum absolute atomic E-state index is 2.69. The molecule has 0 saturated carbocycles. The lowest BCUT2D eigenvalue weighted by atomic mass is 10.6. The van der Waals surface area contributed by atoms with Crippen LogP contribution < -0.4 is 5.73 Å². The minimum atomic E-state index is -4.80. The molecule has 0 heterocycles. The third-order valence-corrected chi connectivity index (χ3v) is 0.934. The van der Waals surface area contributed by atoms with Gasteiger partial charge in [0.25, 0.3) is 6.23 Å². The van der Waals surface area contributed by atoms with Gasteiger partial charge in [0.2, 0.25) is 0 Å². The summed E-state index contributed by atoms with van der Waals surface area (Å²) in [6.07, 6.45) is -7.49. The first-order valence-electron chi connectivity index (χ1n) is 1.99. The van der Waals surface area contributed by atoms with Gasteiger partial charge in [-0.1, -0.05) is 4.52 Å². The monoisotopic (exact) mass is 178 g/mol. The maximum Gasteiger partial charge on any atom is 0.696 e. The molecule has 0 aromatic rings. The Kier molecular flexibility index (Phi) is 3.17. The highest BCUT2D eigenvalue weighted by Gasteiger charge is 2.43. The maximum absolute atomic E-state index is 11.3. The van der Waals surface area contributed by atoms with Crippen LogP contribution in [0.3, 0.4) is 0 Å². The molecule has 8 heteroatoms. The van der Waals surface area contributed by atoms with Crippen LogP contribution in [0.5, 0.6) is 0 Å². The Morgan fingerprint density at radius 2 is 2.00 bits per heavy atom. The van der Waals surface area contributed by atoms with Crippen molar-refractivity contribution in [1.29, 1.82) is 0 Å². The molecule has 0 aliphatic heterocycles. The van der Waals surface area contributed by atoms with Gasteiger partial charge in [-0.05, 0) is 0 Å². The number of nitrogens with two attached hydrogens (primary N) is 1. The molecule has 10 heavy (non-hydrogen) atoms. The van der Waals surface area contributed by atoms with Gasteiger partial charge in [0, 0.05) is 4.57 Å². The Morgan fingerprint density at radius 3 is 2.10 bits per heavy atom. The van der Waals surface area contributed by atoms with E-state index in [4.69, 9.17) is 4.89 Å². The van der Waals surface area contributed by atoms with Crippen molar-refractivity contribution in [2.75, 3.05) is 0 Å². The molecule has 2 atom stereocenters. The molecule has 2 unspecified atom stereocenters. The summed E-state index contributed by atoms with van der Waals surface area (Å²) >= 11 is 0.